The monoisotopic (exact) mass is 429 g/mol. The zero-order valence-electron chi connectivity index (χ0n) is 17.2. The number of halogens is 1. The summed E-state index contributed by atoms with van der Waals surface area (Å²) in [5.41, 5.74) is 3.21. The van der Waals surface area contributed by atoms with Gasteiger partial charge in [0.15, 0.2) is 5.82 Å². The molecule has 1 heterocycles. The Hall–Kier alpha value is -3.94. The van der Waals surface area contributed by atoms with E-state index in [1.807, 2.05) is 19.9 Å². The highest BCUT2D eigenvalue weighted by Gasteiger charge is 2.20. The minimum Gasteiger partial charge on any atom is -0.465 e. The van der Waals surface area contributed by atoms with Crippen LogP contribution in [0.2, 0.25) is 0 Å². The van der Waals surface area contributed by atoms with Gasteiger partial charge in [0.1, 0.15) is 11.9 Å². The van der Waals surface area contributed by atoms with Crippen molar-refractivity contribution in [3.8, 4) is 6.07 Å². The predicted octanol–water partition coefficient (Wildman–Crippen LogP) is 2.74. The summed E-state index contributed by atoms with van der Waals surface area (Å²) >= 11 is 0. The number of anilines is 2. The highest BCUT2D eigenvalue weighted by Crippen LogP contribution is 2.17. The zero-order valence-corrected chi connectivity index (χ0v) is 17.2. The first kappa shape index (κ1) is 23.3. The molecule has 0 spiro atoms. The molecule has 3 amide bonds. The summed E-state index contributed by atoms with van der Waals surface area (Å²) in [5.74, 6) is 0.0267. The number of carbonyl (C=O) groups excluding carboxylic acids is 1. The minimum absolute atomic E-state index is 0.0318. The van der Waals surface area contributed by atoms with E-state index >= 15 is 0 Å². The molecule has 0 aliphatic carbocycles. The van der Waals surface area contributed by atoms with Crippen molar-refractivity contribution in [2.75, 3.05) is 29.5 Å². The van der Waals surface area contributed by atoms with Gasteiger partial charge in [-0.1, -0.05) is 13.8 Å². The molecular weight excluding hydrogens is 405 g/mol. The molecule has 2 rings (SSSR count). The molecule has 0 bridgehead atoms. The van der Waals surface area contributed by atoms with Gasteiger partial charge in [-0.3, -0.25) is 9.91 Å². The van der Waals surface area contributed by atoms with Crippen LogP contribution in [0.25, 0.3) is 0 Å². The Kier molecular flexibility index (Phi) is 8.51. The SMILES string of the molecule is CC(C)CN(NC(=O)N(CCCNC(=O)O)c1ccc(F)cc1)c1ccnc(C#N)n1. The van der Waals surface area contributed by atoms with Crippen LogP contribution in [0.1, 0.15) is 26.1 Å². The second-order valence-electron chi connectivity index (χ2n) is 6.99. The predicted molar refractivity (Wildman–Crippen MR) is 112 cm³/mol. The van der Waals surface area contributed by atoms with Crippen molar-refractivity contribution >= 4 is 23.6 Å². The lowest BCUT2D eigenvalue weighted by Gasteiger charge is -2.30. The summed E-state index contributed by atoms with van der Waals surface area (Å²) in [6.45, 7) is 4.65. The van der Waals surface area contributed by atoms with E-state index in [-0.39, 0.29) is 24.8 Å². The Labute approximate surface area is 179 Å². The number of hydrogen-bond donors (Lipinski definition) is 3. The van der Waals surface area contributed by atoms with Gasteiger partial charge in [-0.05, 0) is 36.6 Å². The highest BCUT2D eigenvalue weighted by molar-refractivity contribution is 5.92. The summed E-state index contributed by atoms with van der Waals surface area (Å²) in [7, 11) is 0. The number of benzene rings is 1. The average Bonchev–Trinajstić information content (AvgIpc) is 2.73. The number of carboxylic acid groups (broad SMARTS) is 1. The molecule has 1 aromatic carbocycles. The first-order valence-corrected chi connectivity index (χ1v) is 9.61. The zero-order chi connectivity index (χ0) is 22.8. The van der Waals surface area contributed by atoms with Crippen LogP contribution in [-0.4, -0.2) is 46.8 Å². The van der Waals surface area contributed by atoms with Gasteiger partial charge >= 0.3 is 12.1 Å². The second kappa shape index (κ2) is 11.3. The molecule has 0 radical (unpaired) electrons. The van der Waals surface area contributed by atoms with Gasteiger partial charge < -0.3 is 10.4 Å². The van der Waals surface area contributed by atoms with E-state index in [1.54, 1.807) is 6.07 Å². The van der Waals surface area contributed by atoms with Crippen molar-refractivity contribution in [1.82, 2.24) is 20.7 Å². The third-order valence-corrected chi connectivity index (χ3v) is 4.01. The number of hydrazine groups is 1. The number of hydrogen-bond acceptors (Lipinski definition) is 6. The first-order valence-electron chi connectivity index (χ1n) is 9.61. The number of carbonyl (C=O) groups is 2. The largest absolute Gasteiger partial charge is 0.465 e. The van der Waals surface area contributed by atoms with Crippen LogP contribution in [0.15, 0.2) is 36.5 Å². The molecule has 31 heavy (non-hydrogen) atoms. The smallest absolute Gasteiger partial charge is 0.404 e. The Morgan fingerprint density at radius 3 is 2.58 bits per heavy atom. The molecule has 164 valence electrons. The Bertz CT molecular complexity index is 931. The molecule has 0 aliphatic rings. The van der Waals surface area contributed by atoms with Gasteiger partial charge in [-0.25, -0.2) is 24.4 Å². The highest BCUT2D eigenvalue weighted by atomic mass is 19.1. The molecule has 0 saturated heterocycles. The van der Waals surface area contributed by atoms with Gasteiger partial charge in [0.25, 0.3) is 0 Å². The fourth-order valence-corrected chi connectivity index (χ4v) is 2.69. The van der Waals surface area contributed by atoms with E-state index in [9.17, 15) is 14.0 Å². The molecule has 0 atom stereocenters. The number of amides is 3. The number of rotatable bonds is 9. The fraction of sp³-hybridized carbons (Fsp3) is 0.350. The normalized spacial score (nSPS) is 10.3. The Morgan fingerprint density at radius 2 is 1.97 bits per heavy atom. The summed E-state index contributed by atoms with van der Waals surface area (Å²) in [6, 6.07) is 8.32. The molecule has 0 saturated carbocycles. The lowest BCUT2D eigenvalue weighted by molar-refractivity contribution is 0.194. The number of nitriles is 1. The minimum atomic E-state index is -1.15. The first-order chi connectivity index (χ1) is 14.8. The molecule has 2 aromatic rings. The third kappa shape index (κ3) is 7.43. The van der Waals surface area contributed by atoms with Gasteiger partial charge in [-0.2, -0.15) is 10.2 Å². The summed E-state index contributed by atoms with van der Waals surface area (Å²) in [4.78, 5) is 33.1. The van der Waals surface area contributed by atoms with Gasteiger partial charge in [0.05, 0.1) is 0 Å². The van der Waals surface area contributed by atoms with E-state index in [0.29, 0.717) is 24.5 Å². The lowest BCUT2D eigenvalue weighted by atomic mass is 10.2. The van der Waals surface area contributed by atoms with Crippen LogP contribution in [0.5, 0.6) is 0 Å². The number of urea groups is 1. The van der Waals surface area contributed by atoms with E-state index in [2.05, 4.69) is 20.7 Å². The van der Waals surface area contributed by atoms with Gasteiger partial charge in [0.2, 0.25) is 5.82 Å². The molecule has 0 fully saturated rings. The van der Waals surface area contributed by atoms with E-state index in [0.717, 1.165) is 0 Å². The van der Waals surface area contributed by atoms with E-state index in [4.69, 9.17) is 10.4 Å². The topological polar surface area (TPSA) is 134 Å². The Balaban J connectivity index is 2.23. The maximum Gasteiger partial charge on any atom is 0.404 e. The lowest BCUT2D eigenvalue weighted by Crippen LogP contribution is -2.51. The van der Waals surface area contributed by atoms with Crippen LogP contribution in [0.4, 0.5) is 25.5 Å². The number of nitrogens with zero attached hydrogens (tertiary/aromatic N) is 5. The van der Waals surface area contributed by atoms with Crippen LogP contribution in [0.3, 0.4) is 0 Å². The Morgan fingerprint density at radius 1 is 1.26 bits per heavy atom. The van der Waals surface area contributed by atoms with Crippen molar-refractivity contribution in [3.05, 3.63) is 48.2 Å². The third-order valence-electron chi connectivity index (χ3n) is 4.01. The van der Waals surface area contributed by atoms with Crippen molar-refractivity contribution in [1.29, 1.82) is 5.26 Å². The maximum atomic E-state index is 13.3. The average molecular weight is 429 g/mol. The second-order valence-corrected chi connectivity index (χ2v) is 6.99. The molecule has 0 unspecified atom stereocenters. The van der Waals surface area contributed by atoms with Crippen molar-refractivity contribution in [3.63, 3.8) is 0 Å². The van der Waals surface area contributed by atoms with Gasteiger partial charge in [0, 0.05) is 37.6 Å². The van der Waals surface area contributed by atoms with Crippen LogP contribution in [0, 0.1) is 23.1 Å². The van der Waals surface area contributed by atoms with Crippen molar-refractivity contribution in [2.24, 2.45) is 5.92 Å². The van der Waals surface area contributed by atoms with Crippen molar-refractivity contribution < 1.29 is 19.1 Å². The number of aromatic nitrogens is 2. The quantitative estimate of drug-likeness (QED) is 0.412. The van der Waals surface area contributed by atoms with E-state index < -0.39 is 17.9 Å². The van der Waals surface area contributed by atoms with Crippen molar-refractivity contribution in [2.45, 2.75) is 20.3 Å². The molecule has 11 heteroatoms. The summed E-state index contributed by atoms with van der Waals surface area (Å²) in [5, 5.41) is 21.5. The molecular formula is C20H24FN7O3. The standard InChI is InChI=1S/C20H24FN7O3/c1-14(2)13-28(18-8-10-23-17(12-22)25-18)26-19(29)27(11-3-9-24-20(30)31)16-6-4-15(21)5-7-16/h4-8,10,14,24H,3,9,11,13H2,1-2H3,(H,26,29)(H,30,31). The molecule has 10 nitrogen and oxygen atoms in total. The maximum absolute atomic E-state index is 13.3. The molecule has 3 N–H and O–H groups in total. The van der Waals surface area contributed by atoms with Crippen LogP contribution >= 0.6 is 0 Å². The summed E-state index contributed by atoms with van der Waals surface area (Å²) < 4.78 is 13.3. The molecule has 1 aromatic heterocycles. The van der Waals surface area contributed by atoms with Crippen LogP contribution < -0.4 is 20.7 Å². The summed E-state index contributed by atoms with van der Waals surface area (Å²) in [6.07, 6.45) is 0.612. The van der Waals surface area contributed by atoms with Gasteiger partial charge in [-0.15, -0.1) is 0 Å². The van der Waals surface area contributed by atoms with E-state index in [1.165, 1.54) is 40.4 Å². The van der Waals surface area contributed by atoms with Crippen LogP contribution in [-0.2, 0) is 0 Å². The number of nitrogens with one attached hydrogen (secondary N) is 2. The molecule has 0 aliphatic heterocycles. The fourth-order valence-electron chi connectivity index (χ4n) is 2.69.